The van der Waals surface area contributed by atoms with Crippen LogP contribution < -0.4 is 0 Å². The van der Waals surface area contributed by atoms with Gasteiger partial charge < -0.3 is 9.84 Å². The van der Waals surface area contributed by atoms with Crippen molar-refractivity contribution >= 4 is 11.9 Å². The van der Waals surface area contributed by atoms with Crippen molar-refractivity contribution in [2.45, 2.75) is 103 Å². The highest BCUT2D eigenvalue weighted by molar-refractivity contribution is 5.69. The van der Waals surface area contributed by atoms with E-state index >= 15 is 0 Å². The van der Waals surface area contributed by atoms with E-state index in [4.69, 9.17) is 9.84 Å². The van der Waals surface area contributed by atoms with Gasteiger partial charge in [0.25, 0.3) is 0 Å². The number of hydrogen-bond acceptors (Lipinski definition) is 4. The van der Waals surface area contributed by atoms with Crippen LogP contribution in [0.1, 0.15) is 85.5 Å². The van der Waals surface area contributed by atoms with E-state index < -0.39 is 5.97 Å². The van der Waals surface area contributed by atoms with Crippen LogP contribution in [0.25, 0.3) is 0 Å². The lowest BCUT2D eigenvalue weighted by Crippen LogP contribution is -2.60. The summed E-state index contributed by atoms with van der Waals surface area (Å²) in [4.78, 5) is 24.9. The van der Waals surface area contributed by atoms with Crippen molar-refractivity contribution in [2.24, 2.45) is 0 Å². The molecule has 0 aromatic carbocycles. The largest absolute Gasteiger partial charge is 0.481 e. The smallest absolute Gasteiger partial charge is 0.306 e. The van der Waals surface area contributed by atoms with Gasteiger partial charge in [-0.1, -0.05) is 19.3 Å². The Kier molecular flexibility index (Phi) is 7.71. The predicted molar refractivity (Wildman–Crippen MR) is 95.0 cm³/mol. The molecule has 5 nitrogen and oxygen atoms in total. The molecule has 0 radical (unpaired) electrons. The van der Waals surface area contributed by atoms with Crippen LogP contribution in [-0.4, -0.2) is 46.2 Å². The molecule has 1 heterocycles. The fraction of sp³-hybridized carbons (Fsp3) is 0.895. The molecule has 140 valence electrons. The van der Waals surface area contributed by atoms with E-state index in [0.717, 1.165) is 44.9 Å². The van der Waals surface area contributed by atoms with E-state index in [1.165, 1.54) is 0 Å². The first kappa shape index (κ1) is 20.9. The van der Waals surface area contributed by atoms with Gasteiger partial charge >= 0.3 is 11.9 Å². The second-order valence-corrected chi connectivity index (χ2v) is 8.37. The van der Waals surface area contributed by atoms with Gasteiger partial charge in [-0.05, 0) is 47.6 Å². The number of carbonyl (C=O) groups excluding carboxylic acids is 1. The number of nitrogens with zero attached hydrogens (tertiary/aromatic N) is 1. The molecule has 0 amide bonds. The molecule has 1 aliphatic rings. The van der Waals surface area contributed by atoms with Crippen molar-refractivity contribution in [1.82, 2.24) is 4.90 Å². The lowest BCUT2D eigenvalue weighted by molar-refractivity contribution is -0.159. The molecule has 0 aromatic heterocycles. The highest BCUT2D eigenvalue weighted by Crippen LogP contribution is 2.38. The Labute approximate surface area is 146 Å². The van der Waals surface area contributed by atoms with Gasteiger partial charge in [-0.15, -0.1) is 0 Å². The summed E-state index contributed by atoms with van der Waals surface area (Å²) in [5.41, 5.74) is 0.0493. The van der Waals surface area contributed by atoms with Gasteiger partial charge in [0.2, 0.25) is 0 Å². The molecule has 1 fully saturated rings. The monoisotopic (exact) mass is 341 g/mol. The Morgan fingerprint density at radius 2 is 1.42 bits per heavy atom. The average molecular weight is 341 g/mol. The van der Waals surface area contributed by atoms with Crippen LogP contribution in [0.5, 0.6) is 0 Å². The zero-order valence-corrected chi connectivity index (χ0v) is 16.1. The van der Waals surface area contributed by atoms with Crippen molar-refractivity contribution in [3.8, 4) is 0 Å². The fourth-order valence-corrected chi connectivity index (χ4v) is 3.68. The topological polar surface area (TPSA) is 66.8 Å². The van der Waals surface area contributed by atoms with Crippen molar-refractivity contribution in [1.29, 1.82) is 0 Å². The zero-order chi connectivity index (χ0) is 18.4. The first-order valence-electron chi connectivity index (χ1n) is 9.20. The van der Waals surface area contributed by atoms with Crippen molar-refractivity contribution in [2.75, 3.05) is 7.05 Å². The summed E-state index contributed by atoms with van der Waals surface area (Å²) in [7, 11) is 2.14. The summed E-state index contributed by atoms with van der Waals surface area (Å²) in [5.74, 6) is -0.829. The van der Waals surface area contributed by atoms with E-state index in [1.807, 2.05) is 0 Å². The number of esters is 1. The maximum atomic E-state index is 12.1. The summed E-state index contributed by atoms with van der Waals surface area (Å²) >= 11 is 0. The molecular weight excluding hydrogens is 306 g/mol. The molecule has 0 bridgehead atoms. The minimum atomic E-state index is -0.734. The number of unbranched alkanes of at least 4 members (excludes halogenated alkanes) is 4. The van der Waals surface area contributed by atoms with Crippen LogP contribution in [0.15, 0.2) is 0 Å². The Balaban J connectivity index is 2.24. The van der Waals surface area contributed by atoms with Gasteiger partial charge in [-0.25, -0.2) is 0 Å². The molecule has 0 aromatic rings. The molecule has 0 saturated carbocycles. The maximum Gasteiger partial charge on any atom is 0.306 e. The van der Waals surface area contributed by atoms with E-state index in [0.29, 0.717) is 6.42 Å². The molecule has 1 saturated heterocycles. The highest BCUT2D eigenvalue weighted by atomic mass is 16.5. The third-order valence-electron chi connectivity index (χ3n) is 5.34. The second-order valence-electron chi connectivity index (χ2n) is 8.37. The van der Waals surface area contributed by atoms with Crippen LogP contribution in [0.2, 0.25) is 0 Å². The van der Waals surface area contributed by atoms with E-state index in [-0.39, 0.29) is 29.6 Å². The number of piperidine rings is 1. The molecule has 1 aliphatic heterocycles. The number of rotatable bonds is 9. The molecule has 0 unspecified atom stereocenters. The molecule has 0 aliphatic carbocycles. The molecule has 1 N–H and O–H groups in total. The number of likely N-dealkylation sites (tertiary alicyclic amines) is 1. The fourth-order valence-electron chi connectivity index (χ4n) is 3.68. The quantitative estimate of drug-likeness (QED) is 0.507. The lowest BCUT2D eigenvalue weighted by Gasteiger charge is -2.53. The van der Waals surface area contributed by atoms with Gasteiger partial charge in [0.05, 0.1) is 0 Å². The summed E-state index contributed by atoms with van der Waals surface area (Å²) in [6, 6.07) is 0. The number of carboxylic acid groups (broad SMARTS) is 1. The third kappa shape index (κ3) is 6.80. The summed E-state index contributed by atoms with van der Waals surface area (Å²) in [6.07, 6.45) is 6.84. The standard InChI is InChI=1S/C19H35NO4/c1-18(2)13-15(14-19(3,4)20(18)5)24-17(23)12-10-8-6-7-9-11-16(21)22/h15H,6-14H2,1-5H3,(H,21,22). The molecule has 0 spiro atoms. The first-order valence-corrected chi connectivity index (χ1v) is 9.20. The average Bonchev–Trinajstić information content (AvgIpc) is 2.42. The summed E-state index contributed by atoms with van der Waals surface area (Å²) in [5, 5.41) is 8.57. The normalized spacial score (nSPS) is 20.7. The van der Waals surface area contributed by atoms with E-state index in [1.54, 1.807) is 0 Å². The third-order valence-corrected chi connectivity index (χ3v) is 5.34. The number of hydrogen-bond donors (Lipinski definition) is 1. The Hall–Kier alpha value is -1.10. The number of carbonyl (C=O) groups is 2. The number of ether oxygens (including phenoxy) is 1. The minimum absolute atomic E-state index is 0.00531. The highest BCUT2D eigenvalue weighted by Gasteiger charge is 2.44. The lowest BCUT2D eigenvalue weighted by atomic mass is 9.79. The second kappa shape index (κ2) is 8.84. The minimum Gasteiger partial charge on any atom is -0.481 e. The molecule has 24 heavy (non-hydrogen) atoms. The summed E-state index contributed by atoms with van der Waals surface area (Å²) in [6.45, 7) is 8.80. The van der Waals surface area contributed by atoms with Gasteiger partial charge in [0.15, 0.2) is 0 Å². The number of carboxylic acids is 1. The van der Waals surface area contributed by atoms with Gasteiger partial charge in [-0.3, -0.25) is 14.5 Å². The van der Waals surface area contributed by atoms with Crippen LogP contribution >= 0.6 is 0 Å². The van der Waals surface area contributed by atoms with Crippen molar-refractivity contribution < 1.29 is 19.4 Å². The van der Waals surface area contributed by atoms with Crippen LogP contribution in [0.4, 0.5) is 0 Å². The molecular formula is C19H35NO4. The Morgan fingerprint density at radius 1 is 0.958 bits per heavy atom. The molecule has 5 heteroatoms. The first-order chi connectivity index (χ1) is 11.0. The SMILES string of the molecule is CN1C(C)(C)CC(OC(=O)CCCCCCCC(=O)O)CC1(C)C. The zero-order valence-electron chi connectivity index (χ0n) is 16.1. The van der Waals surface area contributed by atoms with Gasteiger partial charge in [-0.2, -0.15) is 0 Å². The summed E-state index contributed by atoms with van der Waals surface area (Å²) < 4.78 is 5.73. The van der Waals surface area contributed by atoms with Crippen LogP contribution in [0, 0.1) is 0 Å². The maximum absolute atomic E-state index is 12.1. The Bertz CT molecular complexity index is 413. The Morgan fingerprint density at radius 3 is 1.92 bits per heavy atom. The van der Waals surface area contributed by atoms with Crippen molar-refractivity contribution in [3.63, 3.8) is 0 Å². The predicted octanol–water partition coefficient (Wildman–Crippen LogP) is 4.00. The molecule has 1 rings (SSSR count). The van der Waals surface area contributed by atoms with Crippen LogP contribution in [0.3, 0.4) is 0 Å². The van der Waals surface area contributed by atoms with Crippen LogP contribution in [-0.2, 0) is 14.3 Å². The molecule has 0 atom stereocenters. The van der Waals surface area contributed by atoms with Crippen molar-refractivity contribution in [3.05, 3.63) is 0 Å². The number of aliphatic carboxylic acids is 1. The van der Waals surface area contributed by atoms with Gasteiger partial charge in [0.1, 0.15) is 6.10 Å². The van der Waals surface area contributed by atoms with E-state index in [9.17, 15) is 9.59 Å². The van der Waals surface area contributed by atoms with E-state index in [2.05, 4.69) is 39.6 Å². The van der Waals surface area contributed by atoms with Gasteiger partial charge in [0, 0.05) is 36.8 Å².